The Labute approximate surface area is 112 Å². The molecule has 0 spiro atoms. The number of aryl methyl sites for hydroxylation is 1. The summed E-state index contributed by atoms with van der Waals surface area (Å²) in [5.41, 5.74) is 4.35. The molecular formula is C17H15NO. The molecule has 0 N–H and O–H groups in total. The van der Waals surface area contributed by atoms with Crippen LogP contribution >= 0.6 is 0 Å². The van der Waals surface area contributed by atoms with Crippen LogP contribution in [0.25, 0.3) is 22.2 Å². The van der Waals surface area contributed by atoms with Crippen LogP contribution < -0.4 is 4.74 Å². The van der Waals surface area contributed by atoms with E-state index in [4.69, 9.17) is 9.72 Å². The third-order valence-corrected chi connectivity index (χ3v) is 3.23. The number of hydrogen-bond acceptors (Lipinski definition) is 2. The highest BCUT2D eigenvalue weighted by atomic mass is 16.5. The summed E-state index contributed by atoms with van der Waals surface area (Å²) in [7, 11) is 1.67. The Morgan fingerprint density at radius 1 is 0.895 bits per heavy atom. The summed E-state index contributed by atoms with van der Waals surface area (Å²) in [5, 5.41) is 1.17. The first kappa shape index (κ1) is 11.7. The summed E-state index contributed by atoms with van der Waals surface area (Å²) in [6.45, 7) is 2.08. The van der Waals surface area contributed by atoms with Gasteiger partial charge in [0.05, 0.1) is 18.3 Å². The number of fused-ring (bicyclic) bond motifs is 1. The molecular weight excluding hydrogens is 234 g/mol. The summed E-state index contributed by atoms with van der Waals surface area (Å²) in [6, 6.07) is 18.5. The number of methoxy groups -OCH3 is 1. The van der Waals surface area contributed by atoms with E-state index in [2.05, 4.69) is 37.3 Å². The minimum atomic E-state index is 0.861. The Balaban J connectivity index is 2.08. The van der Waals surface area contributed by atoms with Gasteiger partial charge in [0, 0.05) is 10.9 Å². The first-order chi connectivity index (χ1) is 9.26. The number of hydrogen-bond donors (Lipinski definition) is 0. The summed E-state index contributed by atoms with van der Waals surface area (Å²) < 4.78 is 5.17. The van der Waals surface area contributed by atoms with Crippen LogP contribution in [-0.2, 0) is 0 Å². The first-order valence-corrected chi connectivity index (χ1v) is 6.28. The maximum Gasteiger partial charge on any atom is 0.118 e. The highest BCUT2D eigenvalue weighted by Crippen LogP contribution is 2.23. The molecule has 0 unspecified atom stereocenters. The van der Waals surface area contributed by atoms with E-state index in [1.54, 1.807) is 7.11 Å². The van der Waals surface area contributed by atoms with Gasteiger partial charge in [-0.15, -0.1) is 0 Å². The number of nitrogens with zero attached hydrogens (tertiary/aromatic N) is 1. The Hall–Kier alpha value is -2.35. The molecule has 0 amide bonds. The van der Waals surface area contributed by atoms with Crippen LogP contribution in [0.1, 0.15) is 5.56 Å². The minimum Gasteiger partial charge on any atom is -0.497 e. The molecule has 1 aromatic heterocycles. The van der Waals surface area contributed by atoms with Crippen LogP contribution in [0.4, 0.5) is 0 Å². The zero-order chi connectivity index (χ0) is 13.2. The molecule has 2 nitrogen and oxygen atoms in total. The summed E-state index contributed by atoms with van der Waals surface area (Å²) in [6.07, 6.45) is 0. The van der Waals surface area contributed by atoms with Crippen molar-refractivity contribution < 1.29 is 4.74 Å². The fraction of sp³-hybridized carbons (Fsp3) is 0.118. The average molecular weight is 249 g/mol. The molecule has 94 valence electrons. The first-order valence-electron chi connectivity index (χ1n) is 6.28. The normalized spacial score (nSPS) is 10.6. The van der Waals surface area contributed by atoms with Gasteiger partial charge in [-0.1, -0.05) is 18.2 Å². The monoisotopic (exact) mass is 249 g/mol. The summed E-state index contributed by atoms with van der Waals surface area (Å²) >= 11 is 0. The van der Waals surface area contributed by atoms with Crippen molar-refractivity contribution in [2.24, 2.45) is 0 Å². The number of rotatable bonds is 2. The number of pyridine rings is 1. The summed E-state index contributed by atoms with van der Waals surface area (Å²) in [4.78, 5) is 4.72. The Morgan fingerprint density at radius 3 is 2.37 bits per heavy atom. The van der Waals surface area contributed by atoms with Crippen molar-refractivity contribution in [1.82, 2.24) is 4.98 Å². The second-order valence-electron chi connectivity index (χ2n) is 4.62. The van der Waals surface area contributed by atoms with Crippen molar-refractivity contribution in [2.45, 2.75) is 6.92 Å². The van der Waals surface area contributed by atoms with E-state index in [-0.39, 0.29) is 0 Å². The fourth-order valence-electron chi connectivity index (χ4n) is 2.15. The van der Waals surface area contributed by atoms with E-state index in [1.165, 1.54) is 10.9 Å². The largest absolute Gasteiger partial charge is 0.497 e. The van der Waals surface area contributed by atoms with Crippen molar-refractivity contribution in [1.29, 1.82) is 0 Å². The van der Waals surface area contributed by atoms with Crippen molar-refractivity contribution in [2.75, 3.05) is 7.11 Å². The third kappa shape index (κ3) is 2.29. The zero-order valence-corrected chi connectivity index (χ0v) is 11.1. The topological polar surface area (TPSA) is 22.1 Å². The van der Waals surface area contributed by atoms with Crippen molar-refractivity contribution in [3.05, 3.63) is 60.2 Å². The van der Waals surface area contributed by atoms with Gasteiger partial charge in [-0.3, -0.25) is 0 Å². The predicted molar refractivity (Wildman–Crippen MR) is 78.5 cm³/mol. The Kier molecular flexibility index (Phi) is 2.92. The molecule has 3 aromatic rings. The average Bonchev–Trinajstić information content (AvgIpc) is 2.46. The molecule has 0 radical (unpaired) electrons. The number of aromatic nitrogens is 1. The van der Waals surface area contributed by atoms with E-state index in [0.29, 0.717) is 0 Å². The van der Waals surface area contributed by atoms with Gasteiger partial charge < -0.3 is 4.74 Å². The van der Waals surface area contributed by atoms with E-state index < -0.39 is 0 Å². The second kappa shape index (κ2) is 4.73. The molecule has 2 aromatic carbocycles. The quantitative estimate of drug-likeness (QED) is 0.678. The fourth-order valence-corrected chi connectivity index (χ4v) is 2.15. The van der Waals surface area contributed by atoms with E-state index in [1.807, 2.05) is 24.3 Å². The van der Waals surface area contributed by atoms with Gasteiger partial charge in [-0.25, -0.2) is 4.98 Å². The molecule has 0 aliphatic rings. The van der Waals surface area contributed by atoms with Gasteiger partial charge in [0.2, 0.25) is 0 Å². The van der Waals surface area contributed by atoms with Gasteiger partial charge in [-0.2, -0.15) is 0 Å². The lowest BCUT2D eigenvalue weighted by molar-refractivity contribution is 0.415. The van der Waals surface area contributed by atoms with Gasteiger partial charge >= 0.3 is 0 Å². The molecule has 19 heavy (non-hydrogen) atoms. The van der Waals surface area contributed by atoms with E-state index >= 15 is 0 Å². The maximum absolute atomic E-state index is 5.17. The molecule has 0 atom stereocenters. The van der Waals surface area contributed by atoms with Crippen LogP contribution in [-0.4, -0.2) is 12.1 Å². The lowest BCUT2D eigenvalue weighted by atomic mass is 10.1. The molecule has 0 saturated carbocycles. The minimum absolute atomic E-state index is 0.861. The molecule has 0 aliphatic carbocycles. The van der Waals surface area contributed by atoms with Crippen molar-refractivity contribution in [3.8, 4) is 17.0 Å². The van der Waals surface area contributed by atoms with Gasteiger partial charge in [0.25, 0.3) is 0 Å². The van der Waals surface area contributed by atoms with Crippen LogP contribution in [0.5, 0.6) is 5.75 Å². The standard InChI is InChI=1S/C17H15NO/c1-12-3-4-14-7-10-16(18-17(14)11-12)13-5-8-15(19-2)9-6-13/h3-11H,1-2H3. The number of benzene rings is 2. The van der Waals surface area contributed by atoms with Crippen LogP contribution in [0, 0.1) is 6.92 Å². The van der Waals surface area contributed by atoms with Gasteiger partial charge in [0.15, 0.2) is 0 Å². The molecule has 2 heteroatoms. The zero-order valence-electron chi connectivity index (χ0n) is 11.1. The van der Waals surface area contributed by atoms with Crippen LogP contribution in [0.3, 0.4) is 0 Å². The highest BCUT2D eigenvalue weighted by Gasteiger charge is 2.02. The van der Waals surface area contributed by atoms with E-state index in [9.17, 15) is 0 Å². The lowest BCUT2D eigenvalue weighted by Crippen LogP contribution is -1.87. The lowest BCUT2D eigenvalue weighted by Gasteiger charge is -2.05. The van der Waals surface area contributed by atoms with Crippen molar-refractivity contribution >= 4 is 10.9 Å². The molecule has 0 saturated heterocycles. The van der Waals surface area contributed by atoms with Gasteiger partial charge in [-0.05, 0) is 48.9 Å². The molecule has 1 heterocycles. The van der Waals surface area contributed by atoms with Crippen LogP contribution in [0.15, 0.2) is 54.6 Å². The maximum atomic E-state index is 5.17. The molecule has 0 fully saturated rings. The molecule has 0 bridgehead atoms. The van der Waals surface area contributed by atoms with Gasteiger partial charge in [0.1, 0.15) is 5.75 Å². The third-order valence-electron chi connectivity index (χ3n) is 3.23. The SMILES string of the molecule is COc1ccc(-c2ccc3ccc(C)cc3n2)cc1. The van der Waals surface area contributed by atoms with Crippen molar-refractivity contribution in [3.63, 3.8) is 0 Å². The van der Waals surface area contributed by atoms with Crippen LogP contribution in [0.2, 0.25) is 0 Å². The smallest absolute Gasteiger partial charge is 0.118 e. The second-order valence-corrected chi connectivity index (χ2v) is 4.62. The Morgan fingerprint density at radius 2 is 1.63 bits per heavy atom. The Bertz CT molecular complexity index is 717. The van der Waals surface area contributed by atoms with E-state index in [0.717, 1.165) is 22.5 Å². The molecule has 3 rings (SSSR count). The molecule has 0 aliphatic heterocycles. The summed E-state index contributed by atoms with van der Waals surface area (Å²) in [5.74, 6) is 0.861. The number of ether oxygens (including phenoxy) is 1. The predicted octanol–water partition coefficient (Wildman–Crippen LogP) is 4.22. The highest BCUT2D eigenvalue weighted by molar-refractivity contribution is 5.82.